The molecule has 1 aromatic carbocycles. The lowest BCUT2D eigenvalue weighted by Crippen LogP contribution is -2.16. The van der Waals surface area contributed by atoms with E-state index in [-0.39, 0.29) is 0 Å². The zero-order valence-electron chi connectivity index (χ0n) is 18.6. The molecule has 1 aliphatic rings. The first kappa shape index (κ1) is 20.8. The van der Waals surface area contributed by atoms with Gasteiger partial charge in [-0.1, -0.05) is 12.1 Å². The Balaban J connectivity index is 1.43. The van der Waals surface area contributed by atoms with Crippen molar-refractivity contribution in [3.63, 3.8) is 0 Å². The lowest BCUT2D eigenvalue weighted by molar-refractivity contribution is 0.0834. The normalized spacial score (nSPS) is 15.1. The molecule has 3 aromatic heterocycles. The Hall–Kier alpha value is -3.10. The maximum absolute atomic E-state index is 5.86. The van der Waals surface area contributed by atoms with E-state index in [1.165, 1.54) is 0 Å². The van der Waals surface area contributed by atoms with E-state index in [4.69, 9.17) is 9.47 Å². The highest BCUT2D eigenvalue weighted by Crippen LogP contribution is 2.29. The zero-order valence-corrected chi connectivity index (χ0v) is 18.6. The van der Waals surface area contributed by atoms with Crippen LogP contribution in [-0.2, 0) is 4.74 Å². The molecule has 0 atom stereocenters. The van der Waals surface area contributed by atoms with Crippen LogP contribution in [0, 0.1) is 0 Å². The van der Waals surface area contributed by atoms with Gasteiger partial charge in [0.15, 0.2) is 11.3 Å². The number of nitrogens with zero attached hydrogens (tertiary/aromatic N) is 6. The minimum Gasteiger partial charge on any atom is -0.494 e. The number of benzene rings is 1. The quantitative estimate of drug-likeness (QED) is 0.413. The van der Waals surface area contributed by atoms with Gasteiger partial charge >= 0.3 is 0 Å². The molecule has 4 heterocycles. The van der Waals surface area contributed by atoms with Gasteiger partial charge in [0.05, 0.1) is 18.3 Å². The lowest BCUT2D eigenvalue weighted by Gasteiger charge is -2.20. The molecular formula is C24H28N6O2. The number of hydrogen-bond acceptors (Lipinski definition) is 7. The largest absolute Gasteiger partial charge is 0.494 e. The summed E-state index contributed by atoms with van der Waals surface area (Å²) in [6, 6.07) is 10.3. The van der Waals surface area contributed by atoms with Crippen molar-refractivity contribution in [3.05, 3.63) is 48.5 Å². The number of ether oxygens (including phenoxy) is 2. The van der Waals surface area contributed by atoms with Crippen LogP contribution < -0.4 is 4.74 Å². The van der Waals surface area contributed by atoms with Gasteiger partial charge in [0.1, 0.15) is 11.6 Å². The summed E-state index contributed by atoms with van der Waals surface area (Å²) in [5.74, 6) is 2.18. The van der Waals surface area contributed by atoms with Crippen molar-refractivity contribution in [2.45, 2.75) is 25.2 Å². The van der Waals surface area contributed by atoms with E-state index in [2.05, 4.69) is 61.8 Å². The standard InChI is InChI=1S/C24H28N6O2/c1-29(2)10-3-11-32-20-6-4-17(5-7-20)19-14-21-23(25-15-19)26-16-22-27-28-24(30(21)22)18-8-12-31-13-9-18/h4-7,14-16,18H,3,8-13H2,1-2H3. The SMILES string of the molecule is CN(C)CCCOc1ccc(-c2cnc3ncc4nnc(C5CCOCC5)n4c3c2)cc1. The van der Waals surface area contributed by atoms with Gasteiger partial charge in [0.2, 0.25) is 0 Å². The van der Waals surface area contributed by atoms with E-state index in [0.717, 1.165) is 72.9 Å². The molecule has 0 unspecified atom stereocenters. The third-order valence-electron chi connectivity index (χ3n) is 5.90. The van der Waals surface area contributed by atoms with E-state index in [1.807, 2.05) is 18.3 Å². The van der Waals surface area contributed by atoms with Crippen LogP contribution in [0.15, 0.2) is 42.7 Å². The topological polar surface area (TPSA) is 77.7 Å². The summed E-state index contributed by atoms with van der Waals surface area (Å²) in [5, 5.41) is 8.87. The Morgan fingerprint density at radius 2 is 1.81 bits per heavy atom. The minimum absolute atomic E-state index is 0.330. The van der Waals surface area contributed by atoms with Crippen molar-refractivity contribution in [3.8, 4) is 16.9 Å². The first-order valence-electron chi connectivity index (χ1n) is 11.1. The van der Waals surface area contributed by atoms with E-state index >= 15 is 0 Å². The van der Waals surface area contributed by atoms with Gasteiger partial charge < -0.3 is 14.4 Å². The van der Waals surface area contributed by atoms with Crippen LogP contribution in [0.5, 0.6) is 5.75 Å². The third kappa shape index (κ3) is 4.28. The second kappa shape index (κ2) is 9.18. The zero-order chi connectivity index (χ0) is 21.9. The number of aromatic nitrogens is 5. The Morgan fingerprint density at radius 3 is 2.59 bits per heavy atom. The molecule has 0 spiro atoms. The van der Waals surface area contributed by atoms with E-state index in [1.54, 1.807) is 6.20 Å². The van der Waals surface area contributed by atoms with Gasteiger partial charge in [0.25, 0.3) is 0 Å². The van der Waals surface area contributed by atoms with Gasteiger partial charge in [-0.05, 0) is 57.1 Å². The highest BCUT2D eigenvalue weighted by atomic mass is 16.5. The van der Waals surface area contributed by atoms with Crippen LogP contribution in [0.25, 0.3) is 27.9 Å². The Kier molecular flexibility index (Phi) is 5.96. The van der Waals surface area contributed by atoms with E-state index in [9.17, 15) is 0 Å². The molecule has 8 nitrogen and oxygen atoms in total. The molecule has 4 aromatic rings. The molecule has 32 heavy (non-hydrogen) atoms. The Labute approximate surface area is 187 Å². The molecule has 0 radical (unpaired) electrons. The summed E-state index contributed by atoms with van der Waals surface area (Å²) in [5.41, 5.74) is 4.47. The fourth-order valence-corrected chi connectivity index (χ4v) is 4.16. The molecule has 0 bridgehead atoms. The van der Waals surface area contributed by atoms with Crippen LogP contribution in [0.4, 0.5) is 0 Å². The lowest BCUT2D eigenvalue weighted by atomic mass is 9.99. The average molecular weight is 433 g/mol. The summed E-state index contributed by atoms with van der Waals surface area (Å²) >= 11 is 0. The van der Waals surface area contributed by atoms with Crippen molar-refractivity contribution in [2.24, 2.45) is 0 Å². The maximum Gasteiger partial charge on any atom is 0.179 e. The summed E-state index contributed by atoms with van der Waals surface area (Å²) in [7, 11) is 4.14. The van der Waals surface area contributed by atoms with Crippen molar-refractivity contribution < 1.29 is 9.47 Å². The molecule has 0 aliphatic carbocycles. The van der Waals surface area contributed by atoms with Crippen molar-refractivity contribution in [1.29, 1.82) is 0 Å². The minimum atomic E-state index is 0.330. The van der Waals surface area contributed by atoms with Crippen LogP contribution >= 0.6 is 0 Å². The fourth-order valence-electron chi connectivity index (χ4n) is 4.16. The third-order valence-corrected chi connectivity index (χ3v) is 5.90. The van der Waals surface area contributed by atoms with Crippen molar-refractivity contribution in [2.75, 3.05) is 40.5 Å². The fraction of sp³-hybridized carbons (Fsp3) is 0.417. The van der Waals surface area contributed by atoms with Crippen molar-refractivity contribution >= 4 is 16.8 Å². The van der Waals surface area contributed by atoms with Crippen LogP contribution in [0.1, 0.15) is 31.0 Å². The molecule has 166 valence electrons. The number of fused-ring (bicyclic) bond motifs is 3. The molecule has 1 fully saturated rings. The second-order valence-corrected chi connectivity index (χ2v) is 8.49. The van der Waals surface area contributed by atoms with E-state index in [0.29, 0.717) is 18.2 Å². The van der Waals surface area contributed by atoms with Gasteiger partial charge in [-0.15, -0.1) is 10.2 Å². The second-order valence-electron chi connectivity index (χ2n) is 8.49. The Bertz CT molecular complexity index is 1200. The van der Waals surface area contributed by atoms with Gasteiger partial charge in [0, 0.05) is 37.4 Å². The predicted octanol–water partition coefficient (Wildman–Crippen LogP) is 3.56. The van der Waals surface area contributed by atoms with Gasteiger partial charge in [-0.2, -0.15) is 0 Å². The first-order valence-corrected chi connectivity index (χ1v) is 11.1. The molecular weight excluding hydrogens is 404 g/mol. The number of hydrogen-bond donors (Lipinski definition) is 0. The average Bonchev–Trinajstić information content (AvgIpc) is 3.27. The molecule has 0 saturated carbocycles. The van der Waals surface area contributed by atoms with E-state index < -0.39 is 0 Å². The number of rotatable bonds is 7. The van der Waals surface area contributed by atoms with Crippen LogP contribution in [0.2, 0.25) is 0 Å². The summed E-state index contributed by atoms with van der Waals surface area (Å²) in [6.07, 6.45) is 6.52. The van der Waals surface area contributed by atoms with Gasteiger partial charge in [-0.25, -0.2) is 9.97 Å². The molecule has 0 amide bonds. The molecule has 5 rings (SSSR count). The smallest absolute Gasteiger partial charge is 0.179 e. The Morgan fingerprint density at radius 1 is 1.03 bits per heavy atom. The predicted molar refractivity (Wildman–Crippen MR) is 123 cm³/mol. The maximum atomic E-state index is 5.86. The number of pyridine rings is 1. The molecule has 1 aliphatic heterocycles. The first-order chi connectivity index (χ1) is 15.7. The van der Waals surface area contributed by atoms with Crippen molar-refractivity contribution in [1.82, 2.24) is 29.5 Å². The molecule has 8 heteroatoms. The summed E-state index contributed by atoms with van der Waals surface area (Å²) in [6.45, 7) is 3.25. The van der Waals surface area contributed by atoms with Gasteiger partial charge in [-0.3, -0.25) is 4.40 Å². The molecule has 0 N–H and O–H groups in total. The van der Waals surface area contributed by atoms with Crippen LogP contribution in [0.3, 0.4) is 0 Å². The van der Waals surface area contributed by atoms with Crippen LogP contribution in [-0.4, -0.2) is 69.9 Å². The summed E-state index contributed by atoms with van der Waals surface area (Å²) < 4.78 is 13.5. The monoisotopic (exact) mass is 432 g/mol. The highest BCUT2D eigenvalue weighted by molar-refractivity contribution is 5.80. The summed E-state index contributed by atoms with van der Waals surface area (Å²) in [4.78, 5) is 11.3. The molecule has 1 saturated heterocycles. The highest BCUT2D eigenvalue weighted by Gasteiger charge is 2.22.